The Hall–Kier alpha value is -1.93. The quantitative estimate of drug-likeness (QED) is 0.658. The summed E-state index contributed by atoms with van der Waals surface area (Å²) < 4.78 is 30.0. The summed E-state index contributed by atoms with van der Waals surface area (Å²) in [6.07, 6.45) is 1.86. The average Bonchev–Trinajstić information content (AvgIpc) is 2.57. The fourth-order valence-corrected chi connectivity index (χ4v) is 3.06. The van der Waals surface area contributed by atoms with Gasteiger partial charge in [-0.1, -0.05) is 13.8 Å². The first-order chi connectivity index (χ1) is 12.0. The highest BCUT2D eigenvalue weighted by molar-refractivity contribution is 7.89. The van der Waals surface area contributed by atoms with Crippen molar-refractivity contribution in [3.63, 3.8) is 0 Å². The van der Waals surface area contributed by atoms with E-state index in [2.05, 4.69) is 19.2 Å². The zero-order valence-corrected chi connectivity index (χ0v) is 16.8. The topological polar surface area (TPSA) is 92.8 Å². The van der Waals surface area contributed by atoms with E-state index < -0.39 is 16.0 Å². The number of esters is 1. The summed E-state index contributed by atoms with van der Waals surface area (Å²) in [4.78, 5) is 23.9. The summed E-state index contributed by atoms with van der Waals surface area (Å²) in [5, 5.41) is 2.78. The number of benzene rings is 1. The summed E-state index contributed by atoms with van der Waals surface area (Å²) >= 11 is 0. The molecule has 0 unspecified atom stereocenters. The second kappa shape index (κ2) is 9.68. The molecule has 0 aliphatic carbocycles. The molecule has 1 aromatic carbocycles. The molecular formula is C18H28N2O5S. The van der Waals surface area contributed by atoms with E-state index in [-0.39, 0.29) is 29.0 Å². The smallest absolute Gasteiger partial charge is 0.338 e. The fraction of sp³-hybridized carbons (Fsp3) is 0.556. The summed E-state index contributed by atoms with van der Waals surface area (Å²) in [6.45, 7) is 5.77. The van der Waals surface area contributed by atoms with Crippen LogP contribution in [0, 0.1) is 5.92 Å². The highest BCUT2D eigenvalue weighted by atomic mass is 32.2. The molecule has 0 fully saturated rings. The number of nitrogens with zero attached hydrogens (tertiary/aromatic N) is 1. The van der Waals surface area contributed by atoms with Crippen molar-refractivity contribution in [1.82, 2.24) is 9.62 Å². The van der Waals surface area contributed by atoms with Gasteiger partial charge in [0.25, 0.3) is 5.91 Å². The molecule has 7 nitrogen and oxygen atoms in total. The van der Waals surface area contributed by atoms with Crippen molar-refractivity contribution in [2.24, 2.45) is 5.92 Å². The summed E-state index contributed by atoms with van der Waals surface area (Å²) in [6, 6.07) is 5.41. The predicted octanol–water partition coefficient (Wildman–Crippen LogP) is 2.03. The van der Waals surface area contributed by atoms with Gasteiger partial charge in [0.1, 0.15) is 0 Å². The van der Waals surface area contributed by atoms with Crippen molar-refractivity contribution in [1.29, 1.82) is 0 Å². The number of rotatable bonds is 9. The zero-order valence-electron chi connectivity index (χ0n) is 16.0. The van der Waals surface area contributed by atoms with Crippen molar-refractivity contribution < 1.29 is 22.7 Å². The van der Waals surface area contributed by atoms with Gasteiger partial charge in [0.2, 0.25) is 10.0 Å². The second-order valence-corrected chi connectivity index (χ2v) is 8.98. The molecule has 1 amide bonds. The third-order valence-corrected chi connectivity index (χ3v) is 5.62. The molecule has 1 aromatic rings. The maximum absolute atomic E-state index is 12.0. The van der Waals surface area contributed by atoms with Gasteiger partial charge in [-0.3, -0.25) is 4.79 Å². The molecule has 1 atom stereocenters. The minimum Gasteiger partial charge on any atom is -0.452 e. The van der Waals surface area contributed by atoms with E-state index in [4.69, 9.17) is 4.74 Å². The van der Waals surface area contributed by atoms with E-state index in [0.717, 1.165) is 17.1 Å². The molecule has 1 rings (SSSR count). The van der Waals surface area contributed by atoms with Crippen molar-refractivity contribution in [3.8, 4) is 0 Å². The average molecular weight is 384 g/mol. The normalized spacial score (nSPS) is 12.9. The molecule has 0 bridgehead atoms. The lowest BCUT2D eigenvalue weighted by Crippen LogP contribution is -2.36. The number of hydrogen-bond acceptors (Lipinski definition) is 5. The molecule has 0 radical (unpaired) electrons. The maximum atomic E-state index is 12.0. The van der Waals surface area contributed by atoms with E-state index in [1.807, 2.05) is 6.92 Å². The Morgan fingerprint density at radius 1 is 1.08 bits per heavy atom. The van der Waals surface area contributed by atoms with Gasteiger partial charge in [0.05, 0.1) is 10.5 Å². The van der Waals surface area contributed by atoms with Gasteiger partial charge < -0.3 is 10.1 Å². The van der Waals surface area contributed by atoms with Crippen LogP contribution in [0.2, 0.25) is 0 Å². The second-order valence-electron chi connectivity index (χ2n) is 6.83. The summed E-state index contributed by atoms with van der Waals surface area (Å²) in [7, 11) is -0.696. The van der Waals surface area contributed by atoms with Gasteiger partial charge in [0.15, 0.2) is 6.61 Å². The van der Waals surface area contributed by atoms with Crippen LogP contribution in [0.25, 0.3) is 0 Å². The van der Waals surface area contributed by atoms with Crippen LogP contribution in [-0.4, -0.2) is 51.3 Å². The number of ether oxygens (including phenoxy) is 1. The van der Waals surface area contributed by atoms with Crippen LogP contribution in [0.3, 0.4) is 0 Å². The molecule has 0 aromatic heterocycles. The Bertz CT molecular complexity index is 712. The number of carbonyl (C=O) groups is 2. The molecule has 0 saturated heterocycles. The van der Waals surface area contributed by atoms with E-state index in [0.29, 0.717) is 5.92 Å². The van der Waals surface area contributed by atoms with Crippen molar-refractivity contribution in [2.75, 3.05) is 20.7 Å². The number of hydrogen-bond donors (Lipinski definition) is 1. The van der Waals surface area contributed by atoms with Crippen LogP contribution < -0.4 is 5.32 Å². The molecule has 1 N–H and O–H groups in total. The lowest BCUT2D eigenvalue weighted by molar-refractivity contribution is -0.124. The van der Waals surface area contributed by atoms with Gasteiger partial charge in [-0.2, -0.15) is 0 Å². The molecular weight excluding hydrogens is 356 g/mol. The first-order valence-electron chi connectivity index (χ1n) is 8.53. The van der Waals surface area contributed by atoms with E-state index in [9.17, 15) is 18.0 Å². The van der Waals surface area contributed by atoms with Crippen LogP contribution in [-0.2, 0) is 19.6 Å². The first-order valence-corrected chi connectivity index (χ1v) is 9.97. The largest absolute Gasteiger partial charge is 0.452 e. The van der Waals surface area contributed by atoms with Gasteiger partial charge in [-0.15, -0.1) is 0 Å². The fourth-order valence-electron chi connectivity index (χ4n) is 2.16. The monoisotopic (exact) mass is 384 g/mol. The SMILES string of the molecule is CC(C)CC[C@@H](C)NC(=O)COC(=O)c1ccc(S(=O)(=O)N(C)C)cc1. The van der Waals surface area contributed by atoms with Crippen LogP contribution in [0.1, 0.15) is 44.0 Å². The highest BCUT2D eigenvalue weighted by Gasteiger charge is 2.18. The Kier molecular flexibility index (Phi) is 8.23. The standard InChI is InChI=1S/C18H28N2O5S/c1-13(2)6-7-14(3)19-17(21)12-25-18(22)15-8-10-16(11-9-15)26(23,24)20(4)5/h8-11,13-14H,6-7,12H2,1-5H3,(H,19,21)/t14-/m1/s1. The Balaban J connectivity index is 2.54. The van der Waals surface area contributed by atoms with Crippen LogP contribution >= 0.6 is 0 Å². The van der Waals surface area contributed by atoms with Crippen molar-refractivity contribution in [3.05, 3.63) is 29.8 Å². The van der Waals surface area contributed by atoms with E-state index >= 15 is 0 Å². The van der Waals surface area contributed by atoms with Gasteiger partial charge >= 0.3 is 5.97 Å². The third-order valence-electron chi connectivity index (χ3n) is 3.79. The Labute approximate surface area is 155 Å². The molecule has 0 heterocycles. The summed E-state index contributed by atoms with van der Waals surface area (Å²) in [5.74, 6) is -0.475. The van der Waals surface area contributed by atoms with Crippen LogP contribution in [0.4, 0.5) is 0 Å². The zero-order chi connectivity index (χ0) is 19.9. The lowest BCUT2D eigenvalue weighted by atomic mass is 10.0. The molecule has 8 heteroatoms. The van der Waals surface area contributed by atoms with Gasteiger partial charge in [0, 0.05) is 20.1 Å². The minimum absolute atomic E-state index is 0.0131. The van der Waals surface area contributed by atoms with Gasteiger partial charge in [-0.05, 0) is 49.9 Å². The Morgan fingerprint density at radius 2 is 1.65 bits per heavy atom. The number of carbonyl (C=O) groups excluding carboxylic acids is 2. The van der Waals surface area contributed by atoms with Crippen molar-refractivity contribution in [2.45, 2.75) is 44.6 Å². The first kappa shape index (κ1) is 22.1. The minimum atomic E-state index is -3.55. The van der Waals surface area contributed by atoms with Crippen molar-refractivity contribution >= 4 is 21.9 Å². The molecule has 26 heavy (non-hydrogen) atoms. The molecule has 146 valence electrons. The maximum Gasteiger partial charge on any atom is 0.338 e. The predicted molar refractivity (Wildman–Crippen MR) is 99.3 cm³/mol. The van der Waals surface area contributed by atoms with Crippen LogP contribution in [0.15, 0.2) is 29.2 Å². The lowest BCUT2D eigenvalue weighted by Gasteiger charge is -2.15. The van der Waals surface area contributed by atoms with E-state index in [1.54, 1.807) is 0 Å². The molecule has 0 spiro atoms. The Morgan fingerprint density at radius 3 is 2.15 bits per heavy atom. The highest BCUT2D eigenvalue weighted by Crippen LogP contribution is 2.14. The molecule has 0 saturated carbocycles. The number of nitrogens with one attached hydrogen (secondary N) is 1. The van der Waals surface area contributed by atoms with Gasteiger partial charge in [-0.25, -0.2) is 17.5 Å². The molecule has 0 aliphatic rings. The number of amides is 1. The summed E-state index contributed by atoms with van der Waals surface area (Å²) in [5.41, 5.74) is 0.184. The third kappa shape index (κ3) is 6.76. The molecule has 0 aliphatic heterocycles. The van der Waals surface area contributed by atoms with E-state index in [1.165, 1.54) is 38.4 Å². The van der Waals surface area contributed by atoms with Crippen LogP contribution in [0.5, 0.6) is 0 Å². The number of sulfonamides is 1.